The summed E-state index contributed by atoms with van der Waals surface area (Å²) in [6, 6.07) is -0.607. The fourth-order valence-corrected chi connectivity index (χ4v) is 2.94. The molecule has 0 bridgehead atoms. The number of carbonyl (C=O) groups excluding carboxylic acids is 2. The van der Waals surface area contributed by atoms with Gasteiger partial charge in [-0.3, -0.25) is 4.79 Å². The second kappa shape index (κ2) is 6.32. The first-order valence-electron chi connectivity index (χ1n) is 7.50. The van der Waals surface area contributed by atoms with Gasteiger partial charge in [0.25, 0.3) is 0 Å². The van der Waals surface area contributed by atoms with Gasteiger partial charge in [0.15, 0.2) is 0 Å². The van der Waals surface area contributed by atoms with Crippen molar-refractivity contribution in [1.82, 2.24) is 16.0 Å². The summed E-state index contributed by atoms with van der Waals surface area (Å²) in [7, 11) is 0. The minimum absolute atomic E-state index is 0.0169. The molecule has 7 nitrogen and oxygen atoms in total. The molecule has 1 saturated carbocycles. The summed E-state index contributed by atoms with van der Waals surface area (Å²) in [4.78, 5) is 34.7. The van der Waals surface area contributed by atoms with Crippen LogP contribution in [0.15, 0.2) is 0 Å². The normalized spacial score (nSPS) is 32.9. The van der Waals surface area contributed by atoms with E-state index in [4.69, 9.17) is 0 Å². The van der Waals surface area contributed by atoms with E-state index in [1.807, 2.05) is 0 Å². The molecule has 1 unspecified atom stereocenters. The van der Waals surface area contributed by atoms with Crippen LogP contribution in [0.1, 0.15) is 45.4 Å². The van der Waals surface area contributed by atoms with Crippen molar-refractivity contribution in [2.24, 2.45) is 5.92 Å². The smallest absolute Gasteiger partial charge is 0.329 e. The standard InChI is InChI=1S/C14H23N3O4/c1-9-4-6-14(7-5-9,12(19)20)17-13(21)16-10-2-3-11(18)15-8-10/h9-10H,2-8H2,1H3,(H,15,18)(H,19,20)(H2,16,17,21). The molecule has 4 N–H and O–H groups in total. The van der Waals surface area contributed by atoms with Gasteiger partial charge in [0, 0.05) is 19.0 Å². The first-order chi connectivity index (χ1) is 9.91. The summed E-state index contributed by atoms with van der Waals surface area (Å²) in [5, 5.41) is 17.5. The summed E-state index contributed by atoms with van der Waals surface area (Å²) >= 11 is 0. The number of hydrogen-bond donors (Lipinski definition) is 4. The van der Waals surface area contributed by atoms with Crippen molar-refractivity contribution >= 4 is 17.9 Å². The Kier molecular flexibility index (Phi) is 4.69. The Labute approximate surface area is 123 Å². The molecule has 0 spiro atoms. The first kappa shape index (κ1) is 15.6. The number of nitrogens with one attached hydrogen (secondary N) is 3. The highest BCUT2D eigenvalue weighted by molar-refractivity contribution is 5.86. The Morgan fingerprint density at radius 3 is 2.48 bits per heavy atom. The van der Waals surface area contributed by atoms with Gasteiger partial charge in [0.1, 0.15) is 5.54 Å². The van der Waals surface area contributed by atoms with E-state index in [1.54, 1.807) is 0 Å². The molecule has 0 radical (unpaired) electrons. The third kappa shape index (κ3) is 3.86. The van der Waals surface area contributed by atoms with Gasteiger partial charge in [0.05, 0.1) is 0 Å². The van der Waals surface area contributed by atoms with Gasteiger partial charge in [-0.25, -0.2) is 9.59 Å². The lowest BCUT2D eigenvalue weighted by Crippen LogP contribution is -2.60. The van der Waals surface area contributed by atoms with Crippen LogP contribution in [0.25, 0.3) is 0 Å². The van der Waals surface area contributed by atoms with Gasteiger partial charge in [-0.1, -0.05) is 6.92 Å². The quantitative estimate of drug-likeness (QED) is 0.611. The largest absolute Gasteiger partial charge is 0.480 e. The highest BCUT2D eigenvalue weighted by Crippen LogP contribution is 2.32. The minimum Gasteiger partial charge on any atom is -0.480 e. The number of carboxylic acids is 1. The van der Waals surface area contributed by atoms with Crippen LogP contribution in [-0.2, 0) is 9.59 Å². The van der Waals surface area contributed by atoms with Crippen LogP contribution in [0.3, 0.4) is 0 Å². The highest BCUT2D eigenvalue weighted by Gasteiger charge is 2.42. The van der Waals surface area contributed by atoms with Crippen LogP contribution in [0.4, 0.5) is 4.79 Å². The maximum atomic E-state index is 12.1. The molecule has 0 aromatic rings. The molecular weight excluding hydrogens is 274 g/mol. The number of aliphatic carboxylic acids is 1. The molecule has 3 amide bonds. The third-order valence-electron chi connectivity index (χ3n) is 4.49. The zero-order chi connectivity index (χ0) is 15.5. The molecule has 0 aromatic heterocycles. The molecule has 7 heteroatoms. The molecule has 118 valence electrons. The average molecular weight is 297 g/mol. The molecule has 1 aliphatic heterocycles. The number of urea groups is 1. The van der Waals surface area contributed by atoms with Gasteiger partial charge in [-0.2, -0.15) is 0 Å². The van der Waals surface area contributed by atoms with Crippen molar-refractivity contribution in [1.29, 1.82) is 0 Å². The van der Waals surface area contributed by atoms with E-state index in [2.05, 4.69) is 22.9 Å². The number of amides is 3. The number of carboxylic acid groups (broad SMARTS) is 1. The van der Waals surface area contributed by atoms with Crippen LogP contribution in [0.5, 0.6) is 0 Å². The third-order valence-corrected chi connectivity index (χ3v) is 4.49. The monoisotopic (exact) mass is 297 g/mol. The van der Waals surface area contributed by atoms with Crippen molar-refractivity contribution in [2.45, 2.75) is 57.0 Å². The molecule has 1 atom stereocenters. The molecule has 1 heterocycles. The maximum Gasteiger partial charge on any atom is 0.329 e. The van der Waals surface area contributed by atoms with E-state index in [1.165, 1.54) is 0 Å². The van der Waals surface area contributed by atoms with Crippen LogP contribution >= 0.6 is 0 Å². The summed E-state index contributed by atoms with van der Waals surface area (Å²) in [5.74, 6) is -0.492. The van der Waals surface area contributed by atoms with Gasteiger partial charge in [-0.05, 0) is 38.0 Å². The Bertz CT molecular complexity index is 420. The van der Waals surface area contributed by atoms with Crippen molar-refractivity contribution in [3.8, 4) is 0 Å². The highest BCUT2D eigenvalue weighted by atomic mass is 16.4. The van der Waals surface area contributed by atoms with Crippen molar-refractivity contribution in [3.05, 3.63) is 0 Å². The lowest BCUT2D eigenvalue weighted by molar-refractivity contribution is -0.146. The fourth-order valence-electron chi connectivity index (χ4n) is 2.94. The number of hydrogen-bond acceptors (Lipinski definition) is 3. The Balaban J connectivity index is 1.90. The zero-order valence-corrected chi connectivity index (χ0v) is 12.3. The molecule has 1 aliphatic carbocycles. The fraction of sp³-hybridized carbons (Fsp3) is 0.786. The van der Waals surface area contributed by atoms with Crippen LogP contribution in [-0.4, -0.2) is 41.1 Å². The van der Waals surface area contributed by atoms with Crippen molar-refractivity contribution in [3.63, 3.8) is 0 Å². The number of rotatable bonds is 3. The lowest BCUT2D eigenvalue weighted by atomic mass is 9.77. The molecular formula is C14H23N3O4. The maximum absolute atomic E-state index is 12.1. The van der Waals surface area contributed by atoms with Gasteiger partial charge >= 0.3 is 12.0 Å². The summed E-state index contributed by atoms with van der Waals surface area (Å²) in [5.41, 5.74) is -1.16. The van der Waals surface area contributed by atoms with Crippen LogP contribution in [0, 0.1) is 5.92 Å². The van der Waals surface area contributed by atoms with Crippen LogP contribution in [0.2, 0.25) is 0 Å². The Hall–Kier alpha value is -1.79. The number of piperidine rings is 1. The van der Waals surface area contributed by atoms with Gasteiger partial charge < -0.3 is 21.1 Å². The summed E-state index contributed by atoms with van der Waals surface area (Å²) < 4.78 is 0. The number of carbonyl (C=O) groups is 3. The molecule has 2 rings (SSSR count). The average Bonchev–Trinajstić information content (AvgIpc) is 2.44. The van der Waals surface area contributed by atoms with Gasteiger partial charge in [0.2, 0.25) is 5.91 Å². The van der Waals surface area contributed by atoms with E-state index in [0.717, 1.165) is 12.8 Å². The minimum atomic E-state index is -1.16. The second-order valence-electron chi connectivity index (χ2n) is 6.21. The van der Waals surface area contributed by atoms with E-state index >= 15 is 0 Å². The second-order valence-corrected chi connectivity index (χ2v) is 6.21. The van der Waals surface area contributed by atoms with Crippen molar-refractivity contribution in [2.75, 3.05) is 6.54 Å². The summed E-state index contributed by atoms with van der Waals surface area (Å²) in [6.07, 6.45) is 3.47. The van der Waals surface area contributed by atoms with Crippen molar-refractivity contribution < 1.29 is 19.5 Å². The molecule has 2 aliphatic rings. The van der Waals surface area contributed by atoms with E-state index in [9.17, 15) is 19.5 Å². The van der Waals surface area contributed by atoms with Crippen LogP contribution < -0.4 is 16.0 Å². The zero-order valence-electron chi connectivity index (χ0n) is 12.3. The first-order valence-corrected chi connectivity index (χ1v) is 7.50. The Morgan fingerprint density at radius 2 is 1.95 bits per heavy atom. The molecule has 1 saturated heterocycles. The van der Waals surface area contributed by atoms with Gasteiger partial charge in [-0.15, -0.1) is 0 Å². The molecule has 0 aromatic carbocycles. The molecule has 21 heavy (non-hydrogen) atoms. The summed E-state index contributed by atoms with van der Waals surface area (Å²) in [6.45, 7) is 2.49. The Morgan fingerprint density at radius 1 is 1.29 bits per heavy atom. The topological polar surface area (TPSA) is 108 Å². The predicted octanol–water partition coefficient (Wildman–Crippen LogP) is 0.598. The van der Waals surface area contributed by atoms with E-state index < -0.39 is 17.5 Å². The van der Waals surface area contributed by atoms with E-state index in [-0.39, 0.29) is 11.9 Å². The van der Waals surface area contributed by atoms with E-state index in [0.29, 0.717) is 38.1 Å². The SMILES string of the molecule is CC1CCC(NC(=O)NC2CCC(=O)NC2)(C(=O)O)CC1. The lowest BCUT2D eigenvalue weighted by Gasteiger charge is -2.37. The molecule has 2 fully saturated rings. The predicted molar refractivity (Wildman–Crippen MR) is 75.7 cm³/mol.